The molecule has 0 bridgehead atoms. The number of hydrogen-bond acceptors (Lipinski definition) is 2. The van der Waals surface area contributed by atoms with E-state index in [-0.39, 0.29) is 17.1 Å². The molecule has 0 spiro atoms. The van der Waals surface area contributed by atoms with E-state index < -0.39 is 7.92 Å². The van der Waals surface area contributed by atoms with Crippen molar-refractivity contribution >= 4 is 23.8 Å². The topological polar surface area (TPSA) is 18.5 Å². The van der Waals surface area contributed by atoms with Gasteiger partial charge >= 0.3 is 17.1 Å². The molecule has 0 atom stereocenters. The molecule has 32 heavy (non-hydrogen) atoms. The van der Waals surface area contributed by atoms with E-state index in [1.165, 1.54) is 38.2 Å². The molecule has 0 aliphatic rings. The van der Waals surface area contributed by atoms with Gasteiger partial charge in [-0.05, 0) is 92.7 Å². The molecule has 4 aromatic rings. The number of ether oxygens (including phenoxy) is 2. The Morgan fingerprint density at radius 3 is 1.38 bits per heavy atom. The second-order valence-electron chi connectivity index (χ2n) is 7.67. The van der Waals surface area contributed by atoms with Gasteiger partial charge < -0.3 is 9.47 Å². The zero-order valence-corrected chi connectivity index (χ0v) is 21.6. The quantitative estimate of drug-likeness (QED) is 0.201. The normalized spacial score (nSPS) is 10.2. The smallest absolute Gasteiger partial charge is 0.496 e. The molecule has 0 aliphatic carbocycles. The second kappa shape index (κ2) is 12.1. The van der Waals surface area contributed by atoms with Gasteiger partial charge in [0.25, 0.3) is 0 Å². The minimum atomic E-state index is -0.620. The molecule has 0 aromatic heterocycles. The summed E-state index contributed by atoms with van der Waals surface area (Å²) in [5.74, 6) is 1.96. The van der Waals surface area contributed by atoms with Crippen LogP contribution in [0.2, 0.25) is 0 Å². The molecule has 0 heterocycles. The van der Waals surface area contributed by atoms with Crippen molar-refractivity contribution in [2.24, 2.45) is 0 Å². The van der Waals surface area contributed by atoms with Gasteiger partial charge in [-0.25, -0.2) is 24.3 Å². The zero-order valence-electron chi connectivity index (χ0n) is 19.6. The van der Waals surface area contributed by atoms with Gasteiger partial charge in [0.05, 0.1) is 14.2 Å². The first-order chi connectivity index (χ1) is 15.0. The van der Waals surface area contributed by atoms with Crippen LogP contribution in [0.4, 0.5) is 0 Å². The summed E-state index contributed by atoms with van der Waals surface area (Å²) in [7, 11) is 2.86. The van der Waals surface area contributed by atoms with Crippen LogP contribution in [0.1, 0.15) is 22.3 Å². The average molecular weight is 486 g/mol. The molecule has 0 aliphatic heterocycles. The molecular formula is C28H31FeO2P. The fraction of sp³-hybridized carbons (Fsp3) is 0.214. The van der Waals surface area contributed by atoms with E-state index in [0.717, 1.165) is 11.5 Å². The SMILES string of the molecule is COc1c(C)cc(P(c2cc(C)c(OC)c(C)c2)c2ccc[cH-]2)cc1C.[Fe+2].c1cc[cH-]c1. The third kappa shape index (κ3) is 5.93. The van der Waals surface area contributed by atoms with Gasteiger partial charge in [-0.15, -0.1) is 5.30 Å². The van der Waals surface area contributed by atoms with Gasteiger partial charge in [-0.3, -0.25) is 0 Å². The van der Waals surface area contributed by atoms with Crippen molar-refractivity contribution in [1.29, 1.82) is 0 Å². The molecule has 2 nitrogen and oxygen atoms in total. The first-order valence-electron chi connectivity index (χ1n) is 10.4. The van der Waals surface area contributed by atoms with Gasteiger partial charge in [0, 0.05) is 0 Å². The van der Waals surface area contributed by atoms with E-state index in [1.54, 1.807) is 14.2 Å². The first kappa shape index (κ1) is 25.9. The van der Waals surface area contributed by atoms with Gasteiger partial charge in [0.15, 0.2) is 0 Å². The molecule has 0 N–H and O–H groups in total. The number of methoxy groups -OCH3 is 2. The third-order valence-corrected chi connectivity index (χ3v) is 7.64. The molecular weight excluding hydrogens is 455 g/mol. The van der Waals surface area contributed by atoms with Crippen LogP contribution in [0.25, 0.3) is 0 Å². The maximum absolute atomic E-state index is 5.57. The molecule has 0 saturated heterocycles. The fourth-order valence-electron chi connectivity index (χ4n) is 4.04. The van der Waals surface area contributed by atoms with Crippen molar-refractivity contribution in [2.45, 2.75) is 27.7 Å². The Kier molecular flexibility index (Phi) is 9.79. The summed E-state index contributed by atoms with van der Waals surface area (Å²) in [6.07, 6.45) is 0. The van der Waals surface area contributed by atoms with Crippen molar-refractivity contribution in [3.63, 3.8) is 0 Å². The van der Waals surface area contributed by atoms with Gasteiger partial charge in [-0.1, -0.05) is 0 Å². The minimum absolute atomic E-state index is 0. The van der Waals surface area contributed by atoms with Gasteiger partial charge in [0.2, 0.25) is 0 Å². The number of rotatable bonds is 5. The molecule has 0 saturated carbocycles. The largest absolute Gasteiger partial charge is 2.00 e. The monoisotopic (exact) mass is 486 g/mol. The molecule has 0 fully saturated rings. The Labute approximate surface area is 204 Å². The first-order valence-corrected chi connectivity index (χ1v) is 11.8. The molecule has 0 amide bonds. The minimum Gasteiger partial charge on any atom is -0.496 e. The van der Waals surface area contributed by atoms with Crippen molar-refractivity contribution in [3.05, 3.63) is 101 Å². The van der Waals surface area contributed by atoms with Crippen LogP contribution < -0.4 is 25.4 Å². The molecule has 4 rings (SSSR count). The summed E-state index contributed by atoms with van der Waals surface area (Å²) < 4.78 is 11.1. The Hall–Kier alpha value is -2.31. The summed E-state index contributed by atoms with van der Waals surface area (Å²) in [6, 6.07) is 27.8. The van der Waals surface area contributed by atoms with Crippen molar-refractivity contribution in [3.8, 4) is 11.5 Å². The Morgan fingerprint density at radius 2 is 1.09 bits per heavy atom. The zero-order chi connectivity index (χ0) is 22.4. The fourth-order valence-corrected chi connectivity index (χ4v) is 6.69. The molecule has 4 aromatic carbocycles. The summed E-state index contributed by atoms with van der Waals surface area (Å²) in [5, 5.41) is 4.07. The van der Waals surface area contributed by atoms with Gasteiger partial charge in [0.1, 0.15) is 11.5 Å². The number of benzene rings is 2. The Balaban J connectivity index is 0.000000534. The second-order valence-corrected chi connectivity index (χ2v) is 9.89. The molecule has 0 unspecified atom stereocenters. The van der Waals surface area contributed by atoms with E-state index in [4.69, 9.17) is 9.47 Å². The summed E-state index contributed by atoms with van der Waals surface area (Å²) >= 11 is 0. The van der Waals surface area contributed by atoms with Crippen LogP contribution >= 0.6 is 7.92 Å². The predicted molar refractivity (Wildman–Crippen MR) is 135 cm³/mol. The van der Waals surface area contributed by atoms with E-state index >= 15 is 0 Å². The van der Waals surface area contributed by atoms with Crippen LogP contribution in [-0.4, -0.2) is 14.2 Å². The summed E-state index contributed by atoms with van der Waals surface area (Å²) in [4.78, 5) is 0. The average Bonchev–Trinajstić information content (AvgIpc) is 3.45. The van der Waals surface area contributed by atoms with Crippen LogP contribution in [0, 0.1) is 27.7 Å². The van der Waals surface area contributed by atoms with Crippen molar-refractivity contribution in [2.75, 3.05) is 14.2 Å². The van der Waals surface area contributed by atoms with Crippen molar-refractivity contribution in [1.82, 2.24) is 0 Å². The number of hydrogen-bond donors (Lipinski definition) is 0. The van der Waals surface area contributed by atoms with Gasteiger partial charge in [-0.2, -0.15) is 30.3 Å². The molecule has 168 valence electrons. The summed E-state index contributed by atoms with van der Waals surface area (Å²) in [5.41, 5.74) is 4.74. The maximum Gasteiger partial charge on any atom is 2.00 e. The number of aryl methyl sites for hydroxylation is 4. The van der Waals surface area contributed by atoms with E-state index in [0.29, 0.717) is 0 Å². The van der Waals surface area contributed by atoms with Crippen LogP contribution in [0.5, 0.6) is 11.5 Å². The predicted octanol–water partition coefficient (Wildman–Crippen LogP) is 5.82. The Bertz CT molecular complexity index is 976. The van der Waals surface area contributed by atoms with E-state index in [1.807, 2.05) is 30.3 Å². The molecule has 0 radical (unpaired) electrons. The van der Waals surface area contributed by atoms with Crippen LogP contribution in [0.15, 0.2) is 78.9 Å². The van der Waals surface area contributed by atoms with E-state index in [9.17, 15) is 0 Å². The third-order valence-electron chi connectivity index (χ3n) is 5.27. The summed E-state index contributed by atoms with van der Waals surface area (Å²) in [6.45, 7) is 8.49. The molecule has 4 heteroatoms. The van der Waals surface area contributed by atoms with Crippen LogP contribution in [0.3, 0.4) is 0 Å². The Morgan fingerprint density at radius 1 is 0.656 bits per heavy atom. The van der Waals surface area contributed by atoms with Crippen LogP contribution in [-0.2, 0) is 17.1 Å². The van der Waals surface area contributed by atoms with Crippen molar-refractivity contribution < 1.29 is 26.5 Å². The standard InChI is InChI=1S/C23H26O2P.C5H5.Fe/c1-15-11-20(12-16(2)22(15)24-5)26(19-9-7-8-10-19)21-13-17(3)23(25-6)18(4)14-21;1-2-4-5-3-1;/h7-14H,1-6H3;1-5H;/q2*-1;+2. The maximum atomic E-state index is 5.57. The van der Waals surface area contributed by atoms with E-state index in [2.05, 4.69) is 76.2 Å².